The SMILES string of the molecule is [O]c1cccc2cccc(-c3ccccc3)c12. The van der Waals surface area contributed by atoms with E-state index in [1.165, 1.54) is 0 Å². The van der Waals surface area contributed by atoms with Crippen LogP contribution in [0.25, 0.3) is 21.9 Å². The largest absolute Gasteiger partial charge is 0.289 e. The average Bonchev–Trinajstić information content (AvgIpc) is 2.39. The molecule has 1 nitrogen and oxygen atoms in total. The topological polar surface area (TPSA) is 19.9 Å². The molecule has 0 spiro atoms. The Labute approximate surface area is 100.0 Å². The van der Waals surface area contributed by atoms with Gasteiger partial charge < -0.3 is 0 Å². The normalized spacial score (nSPS) is 10.6. The van der Waals surface area contributed by atoms with Gasteiger partial charge in [-0.3, -0.25) is 5.11 Å². The molecule has 3 aromatic carbocycles. The number of fused-ring (bicyclic) bond motifs is 1. The van der Waals surface area contributed by atoms with E-state index in [1.54, 1.807) is 12.1 Å². The highest BCUT2D eigenvalue weighted by Gasteiger charge is 2.07. The summed E-state index contributed by atoms with van der Waals surface area (Å²) in [6.45, 7) is 0. The summed E-state index contributed by atoms with van der Waals surface area (Å²) < 4.78 is 0. The molecule has 3 aromatic rings. The fourth-order valence-electron chi connectivity index (χ4n) is 2.16. The Balaban J connectivity index is 2.38. The molecular formula is C16H11O. The van der Waals surface area contributed by atoms with Crippen molar-refractivity contribution in [2.75, 3.05) is 0 Å². The minimum absolute atomic E-state index is 0.0851. The van der Waals surface area contributed by atoms with E-state index in [1.807, 2.05) is 54.6 Å². The molecule has 0 atom stereocenters. The van der Waals surface area contributed by atoms with Crippen LogP contribution in [-0.4, -0.2) is 0 Å². The number of hydrogen-bond donors (Lipinski definition) is 0. The third-order valence-corrected chi connectivity index (χ3v) is 2.95. The Kier molecular flexibility index (Phi) is 2.30. The molecule has 0 saturated carbocycles. The third kappa shape index (κ3) is 1.66. The summed E-state index contributed by atoms with van der Waals surface area (Å²) in [5.74, 6) is 0.0851. The maximum Gasteiger partial charge on any atom is 0.187 e. The first-order valence-electron chi connectivity index (χ1n) is 5.60. The van der Waals surface area contributed by atoms with Gasteiger partial charge in [-0.05, 0) is 22.6 Å². The predicted molar refractivity (Wildman–Crippen MR) is 69.5 cm³/mol. The Morgan fingerprint density at radius 2 is 1.35 bits per heavy atom. The first-order valence-corrected chi connectivity index (χ1v) is 5.60. The van der Waals surface area contributed by atoms with Crippen LogP contribution in [0.3, 0.4) is 0 Å². The second-order valence-corrected chi connectivity index (χ2v) is 4.03. The van der Waals surface area contributed by atoms with E-state index in [0.717, 1.165) is 21.9 Å². The summed E-state index contributed by atoms with van der Waals surface area (Å²) in [7, 11) is 0. The van der Waals surface area contributed by atoms with Crippen LogP contribution >= 0.6 is 0 Å². The van der Waals surface area contributed by atoms with Gasteiger partial charge in [-0.25, -0.2) is 0 Å². The van der Waals surface area contributed by atoms with Crippen LogP contribution < -0.4 is 0 Å². The van der Waals surface area contributed by atoms with Gasteiger partial charge in [0, 0.05) is 5.39 Å². The summed E-state index contributed by atoms with van der Waals surface area (Å²) in [6.07, 6.45) is 0. The molecular weight excluding hydrogens is 208 g/mol. The zero-order chi connectivity index (χ0) is 11.7. The third-order valence-electron chi connectivity index (χ3n) is 2.95. The van der Waals surface area contributed by atoms with Crippen molar-refractivity contribution < 1.29 is 5.11 Å². The van der Waals surface area contributed by atoms with Gasteiger partial charge in [0.05, 0.1) is 0 Å². The Hall–Kier alpha value is -2.28. The fourth-order valence-corrected chi connectivity index (χ4v) is 2.16. The maximum absolute atomic E-state index is 12.0. The van der Waals surface area contributed by atoms with Gasteiger partial charge >= 0.3 is 0 Å². The van der Waals surface area contributed by atoms with Gasteiger partial charge in [-0.15, -0.1) is 0 Å². The Bertz CT molecular complexity index is 651. The fraction of sp³-hybridized carbons (Fsp3) is 0. The van der Waals surface area contributed by atoms with Crippen LogP contribution in [0.1, 0.15) is 0 Å². The maximum atomic E-state index is 12.0. The van der Waals surface area contributed by atoms with E-state index in [-0.39, 0.29) is 5.75 Å². The molecule has 0 bridgehead atoms. The molecule has 0 aliphatic heterocycles. The lowest BCUT2D eigenvalue weighted by molar-refractivity contribution is 0.360. The van der Waals surface area contributed by atoms with Gasteiger partial charge in [0.1, 0.15) is 0 Å². The highest BCUT2D eigenvalue weighted by molar-refractivity contribution is 6.00. The van der Waals surface area contributed by atoms with E-state index in [0.29, 0.717) is 0 Å². The molecule has 0 N–H and O–H groups in total. The van der Waals surface area contributed by atoms with Crippen molar-refractivity contribution in [1.29, 1.82) is 0 Å². The summed E-state index contributed by atoms with van der Waals surface area (Å²) in [5, 5.41) is 13.8. The van der Waals surface area contributed by atoms with Crippen LogP contribution in [-0.2, 0) is 5.11 Å². The highest BCUT2D eigenvalue weighted by Crippen LogP contribution is 2.34. The molecule has 3 rings (SSSR count). The quantitative estimate of drug-likeness (QED) is 0.567. The van der Waals surface area contributed by atoms with E-state index in [9.17, 15) is 5.11 Å². The Morgan fingerprint density at radius 1 is 0.647 bits per heavy atom. The van der Waals surface area contributed by atoms with Crippen molar-refractivity contribution in [2.45, 2.75) is 0 Å². The van der Waals surface area contributed by atoms with E-state index in [2.05, 4.69) is 0 Å². The monoisotopic (exact) mass is 219 g/mol. The lowest BCUT2D eigenvalue weighted by Crippen LogP contribution is -1.81. The predicted octanol–water partition coefficient (Wildman–Crippen LogP) is 4.65. The molecule has 0 saturated heterocycles. The van der Waals surface area contributed by atoms with E-state index >= 15 is 0 Å². The first kappa shape index (κ1) is 9.91. The van der Waals surface area contributed by atoms with Gasteiger partial charge in [-0.1, -0.05) is 60.7 Å². The number of hydrogen-bond acceptors (Lipinski definition) is 0. The molecule has 81 valence electrons. The Morgan fingerprint density at radius 3 is 2.12 bits per heavy atom. The van der Waals surface area contributed by atoms with Crippen molar-refractivity contribution in [2.24, 2.45) is 0 Å². The van der Waals surface area contributed by atoms with Crippen molar-refractivity contribution in [3.63, 3.8) is 0 Å². The van der Waals surface area contributed by atoms with E-state index in [4.69, 9.17) is 0 Å². The summed E-state index contributed by atoms with van der Waals surface area (Å²) in [6, 6.07) is 21.4. The van der Waals surface area contributed by atoms with Crippen LogP contribution in [0.2, 0.25) is 0 Å². The van der Waals surface area contributed by atoms with Gasteiger partial charge in [0.25, 0.3) is 0 Å². The number of rotatable bonds is 1. The van der Waals surface area contributed by atoms with Crippen molar-refractivity contribution in [3.05, 3.63) is 66.7 Å². The van der Waals surface area contributed by atoms with Crippen molar-refractivity contribution in [1.82, 2.24) is 0 Å². The molecule has 1 radical (unpaired) electrons. The average molecular weight is 219 g/mol. The van der Waals surface area contributed by atoms with Crippen LogP contribution in [0.15, 0.2) is 66.7 Å². The lowest BCUT2D eigenvalue weighted by Gasteiger charge is -2.07. The molecule has 1 heteroatoms. The van der Waals surface area contributed by atoms with Crippen LogP contribution in [0, 0.1) is 0 Å². The molecule has 17 heavy (non-hydrogen) atoms. The van der Waals surface area contributed by atoms with E-state index < -0.39 is 0 Å². The minimum atomic E-state index is 0.0851. The number of benzene rings is 3. The molecule has 0 aliphatic rings. The standard InChI is InChI=1S/C16H11O/c17-15-11-5-9-13-8-4-10-14(16(13)15)12-6-2-1-3-7-12/h1-11H. The second-order valence-electron chi connectivity index (χ2n) is 4.03. The van der Waals surface area contributed by atoms with Gasteiger partial charge in [0.2, 0.25) is 0 Å². The summed E-state index contributed by atoms with van der Waals surface area (Å²) >= 11 is 0. The molecule has 0 aliphatic carbocycles. The molecule has 0 amide bonds. The second kappa shape index (κ2) is 3.95. The van der Waals surface area contributed by atoms with Crippen molar-refractivity contribution >= 4 is 10.8 Å². The lowest BCUT2D eigenvalue weighted by atomic mass is 9.98. The van der Waals surface area contributed by atoms with Crippen LogP contribution in [0.5, 0.6) is 5.75 Å². The van der Waals surface area contributed by atoms with Gasteiger partial charge in [-0.2, -0.15) is 0 Å². The molecule has 0 aromatic heterocycles. The zero-order valence-electron chi connectivity index (χ0n) is 9.26. The highest BCUT2D eigenvalue weighted by atomic mass is 16.3. The molecule has 0 unspecified atom stereocenters. The zero-order valence-corrected chi connectivity index (χ0v) is 9.26. The summed E-state index contributed by atoms with van der Waals surface area (Å²) in [5.41, 5.74) is 2.09. The first-order chi connectivity index (χ1) is 8.36. The van der Waals surface area contributed by atoms with Gasteiger partial charge in [0.15, 0.2) is 5.75 Å². The smallest absolute Gasteiger partial charge is 0.187 e. The van der Waals surface area contributed by atoms with Crippen LogP contribution in [0.4, 0.5) is 0 Å². The minimum Gasteiger partial charge on any atom is -0.289 e. The summed E-state index contributed by atoms with van der Waals surface area (Å²) in [4.78, 5) is 0. The molecule has 0 heterocycles. The molecule has 0 fully saturated rings. The van der Waals surface area contributed by atoms with Crippen molar-refractivity contribution in [3.8, 4) is 16.9 Å².